The van der Waals surface area contributed by atoms with Crippen LogP contribution in [0.25, 0.3) is 0 Å². The quantitative estimate of drug-likeness (QED) is 0.765. The highest BCUT2D eigenvalue weighted by Crippen LogP contribution is 2.22. The SMILES string of the molecule is CC(=O)C1CCCCN1c1cnc(C#N)cn1. The van der Waals surface area contributed by atoms with Crippen molar-refractivity contribution in [2.75, 3.05) is 11.4 Å². The van der Waals surface area contributed by atoms with Crippen LogP contribution in [0, 0.1) is 11.3 Å². The maximum atomic E-state index is 11.6. The van der Waals surface area contributed by atoms with Crippen molar-refractivity contribution >= 4 is 11.6 Å². The summed E-state index contributed by atoms with van der Waals surface area (Å²) in [6.45, 7) is 2.44. The molecule has 1 saturated heterocycles. The zero-order chi connectivity index (χ0) is 12.3. The van der Waals surface area contributed by atoms with Gasteiger partial charge in [-0.15, -0.1) is 0 Å². The lowest BCUT2D eigenvalue weighted by Crippen LogP contribution is -2.44. The van der Waals surface area contributed by atoms with Crippen LogP contribution in [0.5, 0.6) is 0 Å². The fourth-order valence-electron chi connectivity index (χ4n) is 2.16. The standard InChI is InChI=1S/C12H14N4O/c1-9(17)11-4-2-3-5-16(11)12-8-14-10(6-13)7-15-12/h7-8,11H,2-5H2,1H3. The van der Waals surface area contributed by atoms with E-state index in [0.29, 0.717) is 11.5 Å². The van der Waals surface area contributed by atoms with Gasteiger partial charge in [0.25, 0.3) is 0 Å². The molecule has 1 unspecified atom stereocenters. The second kappa shape index (κ2) is 4.91. The first-order valence-corrected chi connectivity index (χ1v) is 5.71. The smallest absolute Gasteiger partial charge is 0.158 e. The Morgan fingerprint density at radius 1 is 1.47 bits per heavy atom. The lowest BCUT2D eigenvalue weighted by molar-refractivity contribution is -0.118. The van der Waals surface area contributed by atoms with Crippen molar-refractivity contribution in [2.24, 2.45) is 0 Å². The number of carbonyl (C=O) groups is 1. The molecule has 1 fully saturated rings. The molecule has 0 N–H and O–H groups in total. The average Bonchev–Trinajstić information content (AvgIpc) is 2.39. The number of rotatable bonds is 2. The zero-order valence-corrected chi connectivity index (χ0v) is 9.76. The summed E-state index contributed by atoms with van der Waals surface area (Å²) in [5.74, 6) is 0.847. The van der Waals surface area contributed by atoms with Gasteiger partial charge in [-0.25, -0.2) is 9.97 Å². The minimum Gasteiger partial charge on any atom is -0.345 e. The highest BCUT2D eigenvalue weighted by molar-refractivity contribution is 5.84. The number of anilines is 1. The van der Waals surface area contributed by atoms with E-state index in [0.717, 1.165) is 25.8 Å². The number of carbonyl (C=O) groups excluding carboxylic acids is 1. The maximum Gasteiger partial charge on any atom is 0.158 e. The zero-order valence-electron chi connectivity index (χ0n) is 9.76. The van der Waals surface area contributed by atoms with E-state index in [9.17, 15) is 4.79 Å². The first-order chi connectivity index (χ1) is 8.22. The molecule has 1 aromatic heterocycles. The average molecular weight is 230 g/mol. The van der Waals surface area contributed by atoms with Crippen LogP contribution in [-0.2, 0) is 4.79 Å². The summed E-state index contributed by atoms with van der Waals surface area (Å²) in [6, 6.07) is 1.84. The molecule has 0 aliphatic carbocycles. The molecule has 1 aliphatic rings. The van der Waals surface area contributed by atoms with Crippen LogP contribution >= 0.6 is 0 Å². The number of hydrogen-bond acceptors (Lipinski definition) is 5. The second-order valence-electron chi connectivity index (χ2n) is 4.19. The molecule has 0 radical (unpaired) electrons. The van der Waals surface area contributed by atoms with Crippen molar-refractivity contribution in [3.63, 3.8) is 0 Å². The Kier molecular flexibility index (Phi) is 3.33. The number of piperidine rings is 1. The van der Waals surface area contributed by atoms with Gasteiger partial charge in [0, 0.05) is 6.54 Å². The third kappa shape index (κ3) is 2.41. The Balaban J connectivity index is 2.24. The van der Waals surface area contributed by atoms with Gasteiger partial charge in [-0.2, -0.15) is 5.26 Å². The molecule has 0 amide bonds. The number of hydrogen-bond donors (Lipinski definition) is 0. The van der Waals surface area contributed by atoms with E-state index >= 15 is 0 Å². The Hall–Kier alpha value is -1.96. The number of aromatic nitrogens is 2. The van der Waals surface area contributed by atoms with E-state index in [1.807, 2.05) is 11.0 Å². The van der Waals surface area contributed by atoms with Gasteiger partial charge in [-0.3, -0.25) is 4.79 Å². The second-order valence-corrected chi connectivity index (χ2v) is 4.19. The first-order valence-electron chi connectivity index (χ1n) is 5.71. The molecule has 2 heterocycles. The van der Waals surface area contributed by atoms with Crippen LogP contribution < -0.4 is 4.90 Å². The molecule has 1 aliphatic heterocycles. The van der Waals surface area contributed by atoms with E-state index in [-0.39, 0.29) is 11.8 Å². The number of nitriles is 1. The molecule has 1 atom stereocenters. The Labute approximate surface area is 100 Å². The monoisotopic (exact) mass is 230 g/mol. The van der Waals surface area contributed by atoms with Gasteiger partial charge >= 0.3 is 0 Å². The normalized spacial score (nSPS) is 19.8. The summed E-state index contributed by atoms with van der Waals surface area (Å²) in [5.41, 5.74) is 0.296. The minimum absolute atomic E-state index is 0.0917. The number of nitrogens with zero attached hydrogens (tertiary/aromatic N) is 4. The van der Waals surface area contributed by atoms with Crippen LogP contribution in [0.2, 0.25) is 0 Å². The molecule has 88 valence electrons. The Morgan fingerprint density at radius 3 is 2.88 bits per heavy atom. The van der Waals surface area contributed by atoms with Crippen molar-refractivity contribution in [1.29, 1.82) is 5.26 Å². The molecule has 0 saturated carbocycles. The van der Waals surface area contributed by atoms with E-state index in [1.54, 1.807) is 13.1 Å². The van der Waals surface area contributed by atoms with Crippen LogP contribution in [0.1, 0.15) is 31.9 Å². The van der Waals surface area contributed by atoms with Gasteiger partial charge in [0.15, 0.2) is 11.5 Å². The Morgan fingerprint density at radius 2 is 2.29 bits per heavy atom. The molecule has 2 rings (SSSR count). The van der Waals surface area contributed by atoms with Crippen LogP contribution in [-0.4, -0.2) is 28.3 Å². The molecule has 0 spiro atoms. The fraction of sp³-hybridized carbons (Fsp3) is 0.500. The van der Waals surface area contributed by atoms with E-state index in [4.69, 9.17) is 5.26 Å². The highest BCUT2D eigenvalue weighted by atomic mass is 16.1. The molecule has 5 nitrogen and oxygen atoms in total. The maximum absolute atomic E-state index is 11.6. The van der Waals surface area contributed by atoms with Crippen molar-refractivity contribution in [3.05, 3.63) is 18.1 Å². The fourth-order valence-corrected chi connectivity index (χ4v) is 2.16. The molecular formula is C12H14N4O. The van der Waals surface area contributed by atoms with Crippen LogP contribution in [0.3, 0.4) is 0 Å². The summed E-state index contributed by atoms with van der Waals surface area (Å²) in [4.78, 5) is 21.7. The number of Topliss-reactive ketones (excluding diaryl/α,β-unsaturated/α-hetero) is 1. The van der Waals surface area contributed by atoms with Crippen LogP contribution in [0.4, 0.5) is 5.82 Å². The summed E-state index contributed by atoms with van der Waals surface area (Å²) >= 11 is 0. The predicted molar refractivity (Wildman–Crippen MR) is 62.4 cm³/mol. The molecule has 0 bridgehead atoms. The Bertz CT molecular complexity index is 449. The highest BCUT2D eigenvalue weighted by Gasteiger charge is 2.27. The predicted octanol–water partition coefficient (Wildman–Crippen LogP) is 1.30. The van der Waals surface area contributed by atoms with Gasteiger partial charge < -0.3 is 4.90 Å². The largest absolute Gasteiger partial charge is 0.345 e. The number of ketones is 1. The van der Waals surface area contributed by atoms with E-state index in [1.165, 1.54) is 6.20 Å². The van der Waals surface area contributed by atoms with Crippen molar-refractivity contribution in [3.8, 4) is 6.07 Å². The third-order valence-corrected chi connectivity index (χ3v) is 3.02. The molecular weight excluding hydrogens is 216 g/mol. The lowest BCUT2D eigenvalue weighted by Gasteiger charge is -2.34. The summed E-state index contributed by atoms with van der Waals surface area (Å²) < 4.78 is 0. The molecule has 5 heteroatoms. The van der Waals surface area contributed by atoms with Gasteiger partial charge in [-0.05, 0) is 26.2 Å². The molecule has 0 aromatic carbocycles. The van der Waals surface area contributed by atoms with Crippen molar-refractivity contribution < 1.29 is 4.79 Å². The van der Waals surface area contributed by atoms with Gasteiger partial charge in [0.2, 0.25) is 0 Å². The van der Waals surface area contributed by atoms with E-state index in [2.05, 4.69) is 9.97 Å². The molecule has 1 aromatic rings. The molecule has 17 heavy (non-hydrogen) atoms. The summed E-state index contributed by atoms with van der Waals surface area (Å²) in [6.07, 6.45) is 6.02. The topological polar surface area (TPSA) is 69.9 Å². The van der Waals surface area contributed by atoms with Crippen LogP contribution in [0.15, 0.2) is 12.4 Å². The first kappa shape index (κ1) is 11.5. The summed E-state index contributed by atoms with van der Waals surface area (Å²) in [5, 5.41) is 8.66. The summed E-state index contributed by atoms with van der Waals surface area (Å²) in [7, 11) is 0. The van der Waals surface area contributed by atoms with Gasteiger partial charge in [0.1, 0.15) is 11.9 Å². The van der Waals surface area contributed by atoms with Crippen molar-refractivity contribution in [1.82, 2.24) is 9.97 Å². The van der Waals surface area contributed by atoms with E-state index < -0.39 is 0 Å². The van der Waals surface area contributed by atoms with Crippen molar-refractivity contribution in [2.45, 2.75) is 32.2 Å². The minimum atomic E-state index is -0.0917. The third-order valence-electron chi connectivity index (χ3n) is 3.02. The van der Waals surface area contributed by atoms with Gasteiger partial charge in [-0.1, -0.05) is 0 Å². The van der Waals surface area contributed by atoms with Gasteiger partial charge in [0.05, 0.1) is 18.4 Å². The lowest BCUT2D eigenvalue weighted by atomic mass is 9.99.